The van der Waals surface area contributed by atoms with Crippen LogP contribution in [-0.2, 0) is 0 Å². The van der Waals surface area contributed by atoms with Gasteiger partial charge in [-0.1, -0.05) is 36.4 Å². The molecule has 3 rings (SSSR count). The van der Waals surface area contributed by atoms with Crippen molar-refractivity contribution in [2.45, 2.75) is 0 Å². The predicted octanol–water partition coefficient (Wildman–Crippen LogP) is 3.74. The molecule has 0 fully saturated rings. The number of pyridine rings is 1. The molecule has 0 radical (unpaired) electrons. The first-order chi connectivity index (χ1) is 9.74. The van der Waals surface area contributed by atoms with E-state index in [1.807, 2.05) is 48.5 Å². The lowest BCUT2D eigenvalue weighted by Crippen LogP contribution is -2.09. The summed E-state index contributed by atoms with van der Waals surface area (Å²) in [5.74, 6) is 0. The molecule has 3 heteroatoms. The van der Waals surface area contributed by atoms with Crippen LogP contribution in [0.2, 0.25) is 0 Å². The van der Waals surface area contributed by atoms with Gasteiger partial charge in [-0.05, 0) is 35.4 Å². The van der Waals surface area contributed by atoms with Crippen LogP contribution in [0.4, 0.5) is 0 Å². The average molecular weight is 259 g/mol. The highest BCUT2D eigenvalue weighted by atomic mass is 14.7. The molecule has 2 N–H and O–H groups in total. The van der Waals surface area contributed by atoms with Gasteiger partial charge in [0.15, 0.2) is 0 Å². The van der Waals surface area contributed by atoms with E-state index in [0.29, 0.717) is 0 Å². The van der Waals surface area contributed by atoms with Crippen molar-refractivity contribution in [2.75, 3.05) is 0 Å². The van der Waals surface area contributed by atoms with Crippen LogP contribution in [0.1, 0.15) is 5.56 Å². The third-order valence-electron chi connectivity index (χ3n) is 3.20. The highest BCUT2D eigenvalue weighted by Gasteiger charge is 2.08. The van der Waals surface area contributed by atoms with Crippen molar-refractivity contribution >= 4 is 17.0 Å². The molecule has 0 saturated carbocycles. The van der Waals surface area contributed by atoms with Crippen LogP contribution in [0.25, 0.3) is 16.8 Å². The summed E-state index contributed by atoms with van der Waals surface area (Å²) in [5.41, 5.74) is 4.51. The second kappa shape index (κ2) is 5.05. The van der Waals surface area contributed by atoms with Gasteiger partial charge in [-0.25, -0.2) is 0 Å². The van der Waals surface area contributed by atoms with Gasteiger partial charge < -0.3 is 0 Å². The third kappa shape index (κ3) is 2.34. The lowest BCUT2D eigenvalue weighted by atomic mass is 9.96. The zero-order chi connectivity index (χ0) is 13.9. The van der Waals surface area contributed by atoms with Gasteiger partial charge in [0.25, 0.3) is 0 Å². The first-order valence-electron chi connectivity index (χ1n) is 6.33. The molecule has 2 aromatic rings. The van der Waals surface area contributed by atoms with Gasteiger partial charge >= 0.3 is 0 Å². The Morgan fingerprint density at radius 1 is 0.750 bits per heavy atom. The van der Waals surface area contributed by atoms with Crippen molar-refractivity contribution in [3.8, 4) is 11.3 Å². The summed E-state index contributed by atoms with van der Waals surface area (Å²) in [6, 6.07) is 13.9. The van der Waals surface area contributed by atoms with Crippen LogP contribution in [0, 0.1) is 10.8 Å². The molecule has 0 amide bonds. The Balaban J connectivity index is 1.91. The van der Waals surface area contributed by atoms with Gasteiger partial charge in [0.05, 0.1) is 17.1 Å². The molecule has 0 atom stereocenters. The Morgan fingerprint density at radius 3 is 2.15 bits per heavy atom. The number of rotatable bonds is 2. The minimum absolute atomic E-state index is 0.247. The molecule has 1 aromatic heterocycles. The summed E-state index contributed by atoms with van der Waals surface area (Å²) >= 11 is 0. The number of hydrogen-bond acceptors (Lipinski definition) is 3. The molecule has 1 aliphatic carbocycles. The van der Waals surface area contributed by atoms with E-state index in [-0.39, 0.29) is 11.4 Å². The van der Waals surface area contributed by atoms with Gasteiger partial charge in [-0.3, -0.25) is 15.8 Å². The van der Waals surface area contributed by atoms with Crippen molar-refractivity contribution in [1.29, 1.82) is 10.8 Å². The first-order valence-corrected chi connectivity index (χ1v) is 6.33. The zero-order valence-corrected chi connectivity index (χ0v) is 10.8. The Morgan fingerprint density at radius 2 is 1.50 bits per heavy atom. The smallest absolute Gasteiger partial charge is 0.0795 e. The van der Waals surface area contributed by atoms with Gasteiger partial charge in [-0.15, -0.1) is 0 Å². The van der Waals surface area contributed by atoms with Crippen molar-refractivity contribution in [3.63, 3.8) is 0 Å². The number of hydrogen-bond donors (Lipinski definition) is 2. The van der Waals surface area contributed by atoms with Crippen LogP contribution in [0.15, 0.2) is 66.9 Å². The number of nitrogens with one attached hydrogen (secondary N) is 2. The molecule has 0 saturated heterocycles. The summed E-state index contributed by atoms with van der Waals surface area (Å²) in [6.07, 6.45) is 7.03. The van der Waals surface area contributed by atoms with E-state index in [2.05, 4.69) is 4.98 Å². The SMILES string of the molecule is N=C1C=CC(c2ccc(-c3ccccn3)cc2)=CC1=N. The topological polar surface area (TPSA) is 60.6 Å². The Labute approximate surface area is 117 Å². The maximum Gasteiger partial charge on any atom is 0.0795 e. The van der Waals surface area contributed by atoms with Crippen LogP contribution in [-0.4, -0.2) is 16.4 Å². The normalized spacial score (nSPS) is 14.3. The molecule has 0 bridgehead atoms. The summed E-state index contributed by atoms with van der Waals surface area (Å²) in [6.45, 7) is 0. The predicted molar refractivity (Wildman–Crippen MR) is 82.2 cm³/mol. The quantitative estimate of drug-likeness (QED) is 0.793. The first kappa shape index (κ1) is 12.2. The largest absolute Gasteiger partial charge is 0.299 e. The maximum atomic E-state index is 7.69. The fraction of sp³-hybridized carbons (Fsp3) is 0. The average Bonchev–Trinajstić information content (AvgIpc) is 2.51. The van der Waals surface area contributed by atoms with E-state index in [0.717, 1.165) is 22.4 Å². The highest BCUT2D eigenvalue weighted by Crippen LogP contribution is 2.23. The fourth-order valence-electron chi connectivity index (χ4n) is 2.09. The third-order valence-corrected chi connectivity index (χ3v) is 3.20. The van der Waals surface area contributed by atoms with Crippen LogP contribution < -0.4 is 0 Å². The molecule has 0 unspecified atom stereocenters. The molecular formula is C17H13N3. The van der Waals surface area contributed by atoms with Gasteiger partial charge in [0.1, 0.15) is 0 Å². The number of nitrogens with zero attached hydrogens (tertiary/aromatic N) is 1. The van der Waals surface area contributed by atoms with E-state index in [1.54, 1.807) is 18.3 Å². The summed E-state index contributed by atoms with van der Waals surface area (Å²) in [4.78, 5) is 4.32. The van der Waals surface area contributed by atoms with E-state index in [9.17, 15) is 0 Å². The molecule has 1 aliphatic rings. The second-order valence-electron chi connectivity index (χ2n) is 4.55. The summed E-state index contributed by atoms with van der Waals surface area (Å²) in [5, 5.41) is 15.2. The molecule has 20 heavy (non-hydrogen) atoms. The number of benzene rings is 1. The van der Waals surface area contributed by atoms with E-state index in [4.69, 9.17) is 10.8 Å². The molecule has 1 heterocycles. The van der Waals surface area contributed by atoms with Gasteiger partial charge in [0, 0.05) is 11.8 Å². The van der Waals surface area contributed by atoms with Crippen molar-refractivity contribution in [1.82, 2.24) is 4.98 Å². The van der Waals surface area contributed by atoms with Gasteiger partial charge in [0.2, 0.25) is 0 Å². The zero-order valence-electron chi connectivity index (χ0n) is 10.8. The Hall–Kier alpha value is -2.81. The van der Waals surface area contributed by atoms with Crippen molar-refractivity contribution in [3.05, 3.63) is 72.5 Å². The minimum atomic E-state index is 0.247. The monoisotopic (exact) mass is 259 g/mol. The minimum Gasteiger partial charge on any atom is -0.299 e. The summed E-state index contributed by atoms with van der Waals surface area (Å²) < 4.78 is 0. The molecular weight excluding hydrogens is 246 g/mol. The fourth-order valence-corrected chi connectivity index (χ4v) is 2.09. The summed E-state index contributed by atoms with van der Waals surface area (Å²) in [7, 11) is 0. The molecule has 96 valence electrons. The van der Waals surface area contributed by atoms with E-state index >= 15 is 0 Å². The lowest BCUT2D eigenvalue weighted by Gasteiger charge is -2.09. The molecule has 0 aliphatic heterocycles. The van der Waals surface area contributed by atoms with Crippen LogP contribution in [0.5, 0.6) is 0 Å². The lowest BCUT2D eigenvalue weighted by molar-refractivity contribution is 1.33. The van der Waals surface area contributed by atoms with Crippen LogP contribution >= 0.6 is 0 Å². The maximum absolute atomic E-state index is 7.69. The van der Waals surface area contributed by atoms with Gasteiger partial charge in [-0.2, -0.15) is 0 Å². The van der Waals surface area contributed by atoms with Crippen LogP contribution in [0.3, 0.4) is 0 Å². The molecule has 3 nitrogen and oxygen atoms in total. The Bertz CT molecular complexity index is 723. The number of aromatic nitrogens is 1. The van der Waals surface area contributed by atoms with E-state index < -0.39 is 0 Å². The van der Waals surface area contributed by atoms with Crippen molar-refractivity contribution < 1.29 is 0 Å². The van der Waals surface area contributed by atoms with Crippen molar-refractivity contribution in [2.24, 2.45) is 0 Å². The highest BCUT2D eigenvalue weighted by molar-refractivity contribution is 6.50. The second-order valence-corrected chi connectivity index (χ2v) is 4.55. The standard InChI is InChI=1S/C17H13N3/c18-15-9-8-14(11-16(15)19)12-4-6-13(7-5-12)17-3-1-2-10-20-17/h1-11,18-19H. The Kier molecular flexibility index (Phi) is 3.09. The van der Waals surface area contributed by atoms with E-state index in [1.165, 1.54) is 0 Å². The molecule has 0 spiro atoms. The number of allylic oxidation sites excluding steroid dienone is 4. The molecule has 1 aromatic carbocycles.